The second-order valence-electron chi connectivity index (χ2n) is 14.5. The van der Waals surface area contributed by atoms with Crippen LogP contribution in [-0.2, 0) is 32.0 Å². The summed E-state index contributed by atoms with van der Waals surface area (Å²) in [6.45, 7) is 5.13. The second-order valence-corrected chi connectivity index (χ2v) is 15.9. The molecule has 3 aromatic rings. The van der Waals surface area contributed by atoms with Crippen LogP contribution in [0.15, 0.2) is 18.2 Å². The van der Waals surface area contributed by atoms with Crippen molar-refractivity contribution in [1.29, 1.82) is 0 Å². The molecule has 0 aliphatic carbocycles. The number of thioether (sulfide) groups is 1. The number of aromatic hydroxyl groups is 2. The number of fused-ring (bicyclic) bond motifs is 11. The number of nitrogens with zero attached hydrogens (tertiary/aromatic N) is 2. The van der Waals surface area contributed by atoms with Crippen LogP contribution in [0.1, 0.15) is 68.8 Å². The maximum Gasteiger partial charge on any atom is 0.341 e. The molecular formula is C38H41N3O11S. The summed E-state index contributed by atoms with van der Waals surface area (Å²) in [7, 11) is 4.91. The molecular weight excluding hydrogens is 706 g/mol. The van der Waals surface area contributed by atoms with Crippen LogP contribution < -0.4 is 29.0 Å². The zero-order valence-corrected chi connectivity index (χ0v) is 31.0. The first-order valence-corrected chi connectivity index (χ1v) is 18.5. The van der Waals surface area contributed by atoms with Crippen molar-refractivity contribution >= 4 is 23.7 Å². The van der Waals surface area contributed by atoms with E-state index >= 15 is 0 Å². The minimum atomic E-state index is -1.55. The minimum absolute atomic E-state index is 0.0144. The van der Waals surface area contributed by atoms with E-state index in [4.69, 9.17) is 28.4 Å². The highest BCUT2D eigenvalue weighted by molar-refractivity contribution is 8.01. The van der Waals surface area contributed by atoms with Gasteiger partial charge < -0.3 is 43.7 Å². The fourth-order valence-electron chi connectivity index (χ4n) is 9.75. The molecule has 3 aromatic carbocycles. The fraction of sp³-hybridized carbons (Fsp3) is 0.474. The van der Waals surface area contributed by atoms with Crippen LogP contribution in [0.5, 0.6) is 40.2 Å². The molecule has 4 N–H and O–H groups in total. The lowest BCUT2D eigenvalue weighted by atomic mass is 9.73. The lowest BCUT2D eigenvalue weighted by molar-refractivity contribution is -0.183. The van der Waals surface area contributed by atoms with Crippen molar-refractivity contribution in [3.8, 4) is 40.2 Å². The van der Waals surface area contributed by atoms with E-state index in [0.29, 0.717) is 64.5 Å². The minimum Gasteiger partial charge on any atom is -0.504 e. The van der Waals surface area contributed by atoms with E-state index in [9.17, 15) is 24.9 Å². The Balaban J connectivity index is 1.38. The van der Waals surface area contributed by atoms with Crippen molar-refractivity contribution in [3.05, 3.63) is 62.7 Å². The van der Waals surface area contributed by atoms with Crippen LogP contribution in [0, 0.1) is 13.8 Å². The zero-order valence-electron chi connectivity index (χ0n) is 30.1. The molecule has 7 atom stereocenters. The van der Waals surface area contributed by atoms with Gasteiger partial charge in [-0.3, -0.25) is 19.9 Å². The number of benzene rings is 3. The molecule has 4 bridgehead atoms. The molecule has 1 fully saturated rings. The van der Waals surface area contributed by atoms with Gasteiger partial charge >= 0.3 is 11.9 Å². The predicted molar refractivity (Wildman–Crippen MR) is 190 cm³/mol. The third-order valence-corrected chi connectivity index (χ3v) is 13.5. The van der Waals surface area contributed by atoms with Crippen LogP contribution in [-0.4, -0.2) is 96.6 Å². The molecule has 0 unspecified atom stereocenters. The summed E-state index contributed by atoms with van der Waals surface area (Å²) >= 11 is 1.28. The van der Waals surface area contributed by atoms with E-state index in [1.807, 2.05) is 24.9 Å². The normalized spacial score (nSPS) is 29.5. The predicted octanol–water partition coefficient (Wildman–Crippen LogP) is 3.37. The van der Waals surface area contributed by atoms with Crippen molar-refractivity contribution in [3.63, 3.8) is 0 Å². The van der Waals surface area contributed by atoms with E-state index in [2.05, 4.69) is 10.2 Å². The van der Waals surface area contributed by atoms with Crippen LogP contribution >= 0.6 is 11.8 Å². The number of piperazine rings is 1. The fourth-order valence-corrected chi connectivity index (χ4v) is 11.6. The molecule has 0 radical (unpaired) electrons. The van der Waals surface area contributed by atoms with Gasteiger partial charge in [0, 0.05) is 47.3 Å². The molecule has 280 valence electrons. The summed E-state index contributed by atoms with van der Waals surface area (Å²) in [5, 5.41) is 38.2. The second kappa shape index (κ2) is 12.0. The molecule has 0 saturated carbocycles. The van der Waals surface area contributed by atoms with Crippen LogP contribution in [0.25, 0.3) is 0 Å². The molecule has 53 heavy (non-hydrogen) atoms. The van der Waals surface area contributed by atoms with Gasteiger partial charge in [0.05, 0.1) is 37.6 Å². The Hall–Kier alpha value is -4.41. The maximum atomic E-state index is 14.8. The number of rotatable bonds is 3. The summed E-state index contributed by atoms with van der Waals surface area (Å²) < 4.78 is 35.9. The van der Waals surface area contributed by atoms with Gasteiger partial charge in [-0.1, -0.05) is 6.07 Å². The Morgan fingerprint density at radius 2 is 1.79 bits per heavy atom. The van der Waals surface area contributed by atoms with Gasteiger partial charge in [-0.25, -0.2) is 4.79 Å². The van der Waals surface area contributed by atoms with Crippen molar-refractivity contribution in [1.82, 2.24) is 15.1 Å². The molecule has 14 nitrogen and oxygen atoms in total. The molecule has 6 aliphatic heterocycles. The molecule has 15 heteroatoms. The van der Waals surface area contributed by atoms with E-state index in [1.54, 1.807) is 19.1 Å². The summed E-state index contributed by atoms with van der Waals surface area (Å²) in [4.78, 5) is 30.3. The smallest absolute Gasteiger partial charge is 0.341 e. The number of carbonyl (C=O) groups excluding carboxylic acids is 2. The highest BCUT2D eigenvalue weighted by atomic mass is 32.2. The van der Waals surface area contributed by atoms with Gasteiger partial charge in [-0.05, 0) is 62.6 Å². The number of aliphatic hydroxyl groups excluding tert-OH is 1. The molecule has 0 aromatic heterocycles. The van der Waals surface area contributed by atoms with Gasteiger partial charge in [0.1, 0.15) is 18.6 Å². The van der Waals surface area contributed by atoms with E-state index < -0.39 is 52.5 Å². The Bertz CT molecular complexity index is 2110. The van der Waals surface area contributed by atoms with E-state index in [1.165, 1.54) is 32.9 Å². The molecule has 6 heterocycles. The number of cyclic esters (lactones) is 1. The number of phenolic OH excluding ortho intramolecular Hbond substituents is 2. The molecule has 0 amide bonds. The number of ether oxygens (including phenoxy) is 6. The van der Waals surface area contributed by atoms with Gasteiger partial charge in [0.15, 0.2) is 39.4 Å². The lowest BCUT2D eigenvalue weighted by Gasteiger charge is -2.61. The third kappa shape index (κ3) is 4.60. The number of likely N-dealkylation sites (N-methyl/N-ethyl adjacent to an activating group) is 1. The maximum absolute atomic E-state index is 14.8. The summed E-state index contributed by atoms with van der Waals surface area (Å²) in [6, 6.07) is 2.91. The van der Waals surface area contributed by atoms with E-state index in [-0.39, 0.29) is 36.4 Å². The standard InChI is InChI=1S/C38H41N3O11S/c1-15-9-19-10-21-36(45)41-22-13-49-37(46)38(20-12-24(47-5)23(43)11-18(20)7-8-39-38)53-35(29(41)28(40(21)4)25(19)30(44)31(15)48-6)27-26(22)34-33(50-14-51-34)16(2)32(27)52-17(3)42/h9,11-12,21-22,28-29,35-36,39,43-45H,7-8,10,13-14H2,1-6H3/t21-,22+,28-,29-,35-,36+,38+/m1/s1. The Kier molecular flexibility index (Phi) is 7.81. The lowest BCUT2D eigenvalue weighted by Crippen LogP contribution is -2.69. The first kappa shape index (κ1) is 34.4. The van der Waals surface area contributed by atoms with Crippen molar-refractivity contribution in [2.45, 2.75) is 74.1 Å². The first-order chi connectivity index (χ1) is 25.4. The Morgan fingerprint density at radius 3 is 2.53 bits per heavy atom. The number of esters is 2. The number of phenols is 2. The quantitative estimate of drug-likeness (QED) is 0.227. The Labute approximate surface area is 309 Å². The van der Waals surface area contributed by atoms with Crippen molar-refractivity contribution < 1.29 is 53.3 Å². The summed E-state index contributed by atoms with van der Waals surface area (Å²) in [5.74, 6) is 0.542. The third-order valence-electron chi connectivity index (χ3n) is 11.9. The molecule has 9 rings (SSSR count). The number of carbonyl (C=O) groups is 2. The average Bonchev–Trinajstić information content (AvgIpc) is 3.63. The van der Waals surface area contributed by atoms with Gasteiger partial charge in [0.25, 0.3) is 0 Å². The summed E-state index contributed by atoms with van der Waals surface area (Å²) in [6.07, 6.45) is -0.104. The SMILES string of the molecule is COc1cc2c(cc1O)CCN[C@]21S[C@@H]2c3c(OC(C)=O)c(C)c4c(c3[C@H](COC1=O)N1[C@@H]2[C@H]2c3c(cc(C)c(OC)c3O)C[C@H]([C@@H]1O)N2C)OCO4. The number of hydrogen-bond donors (Lipinski definition) is 4. The average molecular weight is 748 g/mol. The van der Waals surface area contributed by atoms with Crippen LogP contribution in [0.4, 0.5) is 0 Å². The van der Waals surface area contributed by atoms with E-state index in [0.717, 1.165) is 16.7 Å². The molecule has 6 aliphatic rings. The number of nitrogens with one attached hydrogen (secondary N) is 1. The highest BCUT2D eigenvalue weighted by Crippen LogP contribution is 2.66. The van der Waals surface area contributed by atoms with Gasteiger partial charge in [0.2, 0.25) is 6.79 Å². The van der Waals surface area contributed by atoms with Crippen LogP contribution in [0.3, 0.4) is 0 Å². The van der Waals surface area contributed by atoms with Gasteiger partial charge in [-0.2, -0.15) is 0 Å². The number of methoxy groups -OCH3 is 2. The number of hydrogen-bond acceptors (Lipinski definition) is 15. The van der Waals surface area contributed by atoms with Gasteiger partial charge in [-0.15, -0.1) is 11.8 Å². The molecule has 1 saturated heterocycles. The van der Waals surface area contributed by atoms with Crippen molar-refractivity contribution in [2.75, 3.05) is 41.2 Å². The summed E-state index contributed by atoms with van der Waals surface area (Å²) in [5.41, 5.74) is 5.39. The Morgan fingerprint density at radius 1 is 1.02 bits per heavy atom. The molecule has 1 spiro atoms. The highest BCUT2D eigenvalue weighted by Gasteiger charge is 2.63. The first-order valence-electron chi connectivity index (χ1n) is 17.6. The largest absolute Gasteiger partial charge is 0.504 e. The monoisotopic (exact) mass is 747 g/mol. The van der Waals surface area contributed by atoms with Crippen molar-refractivity contribution in [2.24, 2.45) is 0 Å². The topological polar surface area (TPSA) is 169 Å². The number of aliphatic hydroxyl groups is 1. The zero-order chi connectivity index (χ0) is 37.2. The number of aryl methyl sites for hydroxylation is 1. The van der Waals surface area contributed by atoms with Crippen LogP contribution in [0.2, 0.25) is 0 Å².